The number of nitrogens with two attached hydrogens (primary N) is 1. The zero-order valence-corrected chi connectivity index (χ0v) is 23.3. The predicted molar refractivity (Wildman–Crippen MR) is 150 cm³/mol. The van der Waals surface area contributed by atoms with Gasteiger partial charge in [0.2, 0.25) is 5.76 Å². The van der Waals surface area contributed by atoms with Crippen molar-refractivity contribution in [2.45, 2.75) is 45.4 Å². The van der Waals surface area contributed by atoms with E-state index in [1.165, 1.54) is 6.92 Å². The number of pyridine rings is 1. The van der Waals surface area contributed by atoms with Gasteiger partial charge >= 0.3 is 11.9 Å². The van der Waals surface area contributed by atoms with Crippen molar-refractivity contribution in [1.29, 1.82) is 0 Å². The lowest BCUT2D eigenvalue weighted by atomic mass is 9.83. The number of benzene rings is 1. The Morgan fingerprint density at radius 3 is 2.46 bits per heavy atom. The third kappa shape index (κ3) is 5.42. The van der Waals surface area contributed by atoms with Gasteiger partial charge in [-0.1, -0.05) is 36.4 Å². The van der Waals surface area contributed by atoms with Crippen molar-refractivity contribution in [3.8, 4) is 22.4 Å². The first kappa shape index (κ1) is 26.6. The molecule has 0 aliphatic heterocycles. The van der Waals surface area contributed by atoms with Gasteiger partial charge in [0.1, 0.15) is 5.82 Å². The number of hydrogen-bond donors (Lipinski definition) is 1. The highest BCUT2D eigenvalue weighted by atomic mass is 79.9. The second-order valence-electron chi connectivity index (χ2n) is 9.31. The zero-order chi connectivity index (χ0) is 27.5. The van der Waals surface area contributed by atoms with Gasteiger partial charge in [-0.25, -0.2) is 9.78 Å². The summed E-state index contributed by atoms with van der Waals surface area (Å²) in [6, 6.07) is 14.0. The monoisotopic (exact) mass is 589 g/mol. The molecule has 0 spiro atoms. The smallest absolute Gasteiger partial charge is 0.374 e. The van der Waals surface area contributed by atoms with Gasteiger partial charge in [-0.3, -0.25) is 9.78 Å². The van der Waals surface area contributed by atoms with E-state index in [2.05, 4.69) is 26.0 Å². The molecular formula is C29H28BrN5O4. The van der Waals surface area contributed by atoms with E-state index in [0.29, 0.717) is 41.6 Å². The molecule has 0 saturated heterocycles. The number of nitrogens with zero attached hydrogens (tertiary/aromatic N) is 4. The summed E-state index contributed by atoms with van der Waals surface area (Å²) >= 11 is 3.64. The molecule has 5 rings (SSSR count). The summed E-state index contributed by atoms with van der Waals surface area (Å²) in [4.78, 5) is 33.7. The van der Waals surface area contributed by atoms with Gasteiger partial charge in [-0.05, 0) is 60.2 Å². The number of fused-ring (bicyclic) bond motifs is 1. The molecule has 1 aromatic carbocycles. The molecular weight excluding hydrogens is 562 g/mol. The van der Waals surface area contributed by atoms with E-state index >= 15 is 0 Å². The molecule has 10 heteroatoms. The summed E-state index contributed by atoms with van der Waals surface area (Å²) < 4.78 is 12.7. The minimum atomic E-state index is -0.609. The lowest BCUT2D eigenvalue weighted by molar-refractivity contribution is -0.150. The average Bonchev–Trinajstić information content (AvgIpc) is 3.38. The maximum atomic E-state index is 12.4. The van der Waals surface area contributed by atoms with Crippen LogP contribution in [0.2, 0.25) is 0 Å². The molecule has 2 N–H and O–H groups in total. The first-order valence-electron chi connectivity index (χ1n) is 12.8. The molecule has 9 nitrogen and oxygen atoms in total. The van der Waals surface area contributed by atoms with Crippen molar-refractivity contribution in [1.82, 2.24) is 19.6 Å². The van der Waals surface area contributed by atoms with E-state index in [1.807, 2.05) is 48.7 Å². The van der Waals surface area contributed by atoms with Crippen LogP contribution in [0, 0.1) is 0 Å². The van der Waals surface area contributed by atoms with Gasteiger partial charge in [0, 0.05) is 35.7 Å². The Bertz CT molecular complexity index is 1550. The van der Waals surface area contributed by atoms with E-state index in [0.717, 1.165) is 33.7 Å². The number of carbonyl (C=O) groups excluding carboxylic acids is 2. The van der Waals surface area contributed by atoms with Crippen molar-refractivity contribution in [3.63, 3.8) is 0 Å². The molecule has 4 aromatic rings. The van der Waals surface area contributed by atoms with Crippen LogP contribution in [0.25, 0.3) is 28.0 Å². The van der Waals surface area contributed by atoms with Crippen molar-refractivity contribution in [2.24, 2.45) is 0 Å². The molecule has 0 bridgehead atoms. The van der Waals surface area contributed by atoms with E-state index in [9.17, 15) is 9.59 Å². The lowest BCUT2D eigenvalue weighted by Crippen LogP contribution is -2.19. The first-order valence-corrected chi connectivity index (χ1v) is 13.6. The van der Waals surface area contributed by atoms with Crippen LogP contribution in [0.15, 0.2) is 70.7 Å². The quantitative estimate of drug-likeness (QED) is 0.169. The highest BCUT2D eigenvalue weighted by Crippen LogP contribution is 2.41. The third-order valence-electron chi connectivity index (χ3n) is 6.80. The Morgan fingerprint density at radius 1 is 1.08 bits per heavy atom. The average molecular weight is 590 g/mol. The Morgan fingerprint density at radius 2 is 1.82 bits per heavy atom. The van der Waals surface area contributed by atoms with Crippen molar-refractivity contribution >= 4 is 39.3 Å². The lowest BCUT2D eigenvalue weighted by Gasteiger charge is -2.26. The molecule has 3 aromatic heterocycles. The second kappa shape index (κ2) is 11.4. The number of allylic oxidation sites excluding steroid dienone is 1. The van der Waals surface area contributed by atoms with Gasteiger partial charge in [-0.2, -0.15) is 9.61 Å². The molecule has 0 atom stereocenters. The molecule has 0 radical (unpaired) electrons. The molecule has 1 aliphatic carbocycles. The molecule has 1 fully saturated rings. The van der Waals surface area contributed by atoms with E-state index < -0.39 is 11.9 Å². The highest BCUT2D eigenvalue weighted by Gasteiger charge is 2.29. The summed E-state index contributed by atoms with van der Waals surface area (Å²) in [5.74, 6) is -0.604. The number of carbonyl (C=O) groups is 2. The number of esters is 2. The van der Waals surface area contributed by atoms with Crippen LogP contribution in [0.3, 0.4) is 0 Å². The Labute approximate surface area is 234 Å². The van der Waals surface area contributed by atoms with Gasteiger partial charge in [0.25, 0.3) is 0 Å². The minimum Gasteiger partial charge on any atom is -0.460 e. The van der Waals surface area contributed by atoms with Crippen LogP contribution < -0.4 is 5.73 Å². The fraction of sp³-hybridized carbons (Fsp3) is 0.276. The molecule has 3 heterocycles. The van der Waals surface area contributed by atoms with Crippen LogP contribution in [-0.2, 0) is 19.1 Å². The minimum absolute atomic E-state index is 0.00863. The van der Waals surface area contributed by atoms with Crippen LogP contribution in [0.1, 0.15) is 51.1 Å². The fourth-order valence-corrected chi connectivity index (χ4v) is 5.47. The zero-order valence-electron chi connectivity index (χ0n) is 21.7. The normalized spacial score (nSPS) is 15.3. The molecule has 39 heavy (non-hydrogen) atoms. The van der Waals surface area contributed by atoms with E-state index in [1.54, 1.807) is 17.6 Å². The highest BCUT2D eigenvalue weighted by molar-refractivity contribution is 9.10. The van der Waals surface area contributed by atoms with Gasteiger partial charge in [-0.15, -0.1) is 0 Å². The fourth-order valence-electron chi connectivity index (χ4n) is 4.89. The van der Waals surface area contributed by atoms with Crippen LogP contribution in [0.4, 0.5) is 5.82 Å². The summed E-state index contributed by atoms with van der Waals surface area (Å²) in [6.07, 6.45) is 6.13. The molecule has 200 valence electrons. The summed E-state index contributed by atoms with van der Waals surface area (Å²) in [5.41, 5.74) is 12.4. The van der Waals surface area contributed by atoms with Crippen molar-refractivity contribution in [3.05, 3.63) is 76.4 Å². The maximum Gasteiger partial charge on any atom is 0.374 e. The summed E-state index contributed by atoms with van der Waals surface area (Å²) in [6.45, 7) is 3.19. The number of rotatable bonds is 6. The number of aromatic nitrogens is 4. The maximum absolute atomic E-state index is 12.4. The van der Waals surface area contributed by atoms with Crippen molar-refractivity contribution in [2.75, 3.05) is 12.3 Å². The van der Waals surface area contributed by atoms with Gasteiger partial charge < -0.3 is 15.2 Å². The molecule has 0 unspecified atom stereocenters. The van der Waals surface area contributed by atoms with Crippen LogP contribution >= 0.6 is 15.9 Å². The number of anilines is 1. The standard InChI is InChI=1S/C29H28BrN5O4/c1-3-38-29(37)26(39-17(2)36)20-11-9-19(10-12-20)25-24(30)27(31)35-28(34-25)22(16-33-35)21-13-14-23(32-15-21)18-7-5-4-6-8-18/h4-8,13-16,19H,3,9-12,31H2,1-2H3. The topological polar surface area (TPSA) is 122 Å². The first-order chi connectivity index (χ1) is 18.9. The van der Waals surface area contributed by atoms with Gasteiger partial charge in [0.15, 0.2) is 5.65 Å². The number of nitrogen functional groups attached to an aromatic ring is 1. The largest absolute Gasteiger partial charge is 0.460 e. The molecule has 1 aliphatic rings. The van der Waals surface area contributed by atoms with Crippen LogP contribution in [0.5, 0.6) is 0 Å². The molecule has 1 saturated carbocycles. The Kier molecular flexibility index (Phi) is 7.74. The molecule has 0 amide bonds. The summed E-state index contributed by atoms with van der Waals surface area (Å²) in [5, 5.41) is 4.49. The second-order valence-corrected chi connectivity index (χ2v) is 10.1. The Balaban J connectivity index is 1.44. The van der Waals surface area contributed by atoms with Crippen molar-refractivity contribution < 1.29 is 19.1 Å². The number of halogens is 1. The van der Waals surface area contributed by atoms with E-state index in [-0.39, 0.29) is 18.3 Å². The van der Waals surface area contributed by atoms with Gasteiger partial charge in [0.05, 0.1) is 28.7 Å². The SMILES string of the molecule is CCOC(=O)C(OC(C)=O)=C1CCC(c2nc3c(-c4ccc(-c5ccccc5)nc4)cnn3c(N)c2Br)CC1. The third-order valence-corrected chi connectivity index (χ3v) is 7.61. The predicted octanol–water partition coefficient (Wildman–Crippen LogP) is 5.84. The Hall–Kier alpha value is -4.05. The number of hydrogen-bond acceptors (Lipinski definition) is 8. The van der Waals surface area contributed by atoms with Crippen LogP contribution in [-0.4, -0.2) is 38.1 Å². The van der Waals surface area contributed by atoms with E-state index in [4.69, 9.17) is 20.2 Å². The summed E-state index contributed by atoms with van der Waals surface area (Å²) in [7, 11) is 0. The number of ether oxygens (including phenoxy) is 2.